The van der Waals surface area contributed by atoms with E-state index in [2.05, 4.69) is 10.2 Å². The second kappa shape index (κ2) is 7.64. The quantitative estimate of drug-likeness (QED) is 0.797. The van der Waals surface area contributed by atoms with Crippen molar-refractivity contribution in [3.63, 3.8) is 0 Å². The van der Waals surface area contributed by atoms with E-state index in [0.29, 0.717) is 12.2 Å². The molecule has 1 saturated heterocycles. The molecule has 7 heteroatoms. The molecule has 1 aromatic carbocycles. The largest absolute Gasteiger partial charge is 0.416 e. The summed E-state index contributed by atoms with van der Waals surface area (Å²) in [6, 6.07) is 5.53. The van der Waals surface area contributed by atoms with Gasteiger partial charge in [0.25, 0.3) is 0 Å². The van der Waals surface area contributed by atoms with Crippen LogP contribution in [0.3, 0.4) is 0 Å². The smallest absolute Gasteiger partial charge is 0.369 e. The number of carbonyl (C=O) groups is 1. The predicted octanol–water partition coefficient (Wildman–Crippen LogP) is 2.74. The van der Waals surface area contributed by atoms with E-state index in [0.717, 1.165) is 58.1 Å². The molecule has 0 spiro atoms. The summed E-state index contributed by atoms with van der Waals surface area (Å²) >= 11 is 0. The molecular weight excluding hydrogens is 331 g/mol. The number of hydrogen-bond acceptors (Lipinski definition) is 3. The van der Waals surface area contributed by atoms with E-state index in [1.165, 1.54) is 12.1 Å². The normalized spacial score (nSPS) is 19.1. The first-order valence-corrected chi connectivity index (χ1v) is 8.86. The average molecular weight is 355 g/mol. The van der Waals surface area contributed by atoms with Crippen LogP contribution in [0.4, 0.5) is 18.9 Å². The second-order valence-corrected chi connectivity index (χ2v) is 6.80. The Morgan fingerprint density at radius 3 is 2.52 bits per heavy atom. The minimum atomic E-state index is -4.30. The van der Waals surface area contributed by atoms with Crippen molar-refractivity contribution in [1.29, 1.82) is 0 Å². The van der Waals surface area contributed by atoms with Crippen molar-refractivity contribution in [3.05, 3.63) is 29.8 Å². The van der Waals surface area contributed by atoms with Gasteiger partial charge in [0.2, 0.25) is 5.91 Å². The van der Waals surface area contributed by atoms with Crippen LogP contribution in [0.15, 0.2) is 24.3 Å². The number of piperazine rings is 1. The zero-order valence-electron chi connectivity index (χ0n) is 14.2. The van der Waals surface area contributed by atoms with Crippen LogP contribution in [0, 0.1) is 5.92 Å². The van der Waals surface area contributed by atoms with Crippen LogP contribution in [0.1, 0.15) is 24.8 Å². The first-order valence-electron chi connectivity index (χ1n) is 8.86. The number of benzene rings is 1. The number of alkyl halides is 3. The molecule has 0 atom stereocenters. The topological polar surface area (TPSA) is 35.6 Å². The summed E-state index contributed by atoms with van der Waals surface area (Å²) in [5.41, 5.74) is 0.0324. The highest BCUT2D eigenvalue weighted by molar-refractivity contribution is 5.80. The molecule has 0 unspecified atom stereocenters. The van der Waals surface area contributed by atoms with E-state index < -0.39 is 11.7 Å². The molecule has 0 bridgehead atoms. The lowest BCUT2D eigenvalue weighted by atomic mass is 10.1. The predicted molar refractivity (Wildman–Crippen MR) is 90.4 cm³/mol. The molecule has 0 radical (unpaired) electrons. The number of halogens is 3. The summed E-state index contributed by atoms with van der Waals surface area (Å²) < 4.78 is 38.5. The molecule has 1 aromatic rings. The number of rotatable bonds is 6. The van der Waals surface area contributed by atoms with Crippen molar-refractivity contribution in [3.8, 4) is 0 Å². The maximum Gasteiger partial charge on any atom is 0.416 e. The van der Waals surface area contributed by atoms with Crippen LogP contribution >= 0.6 is 0 Å². The van der Waals surface area contributed by atoms with Gasteiger partial charge in [-0.1, -0.05) is 6.07 Å². The van der Waals surface area contributed by atoms with Gasteiger partial charge in [0.1, 0.15) is 0 Å². The third-order valence-corrected chi connectivity index (χ3v) is 4.81. The first-order chi connectivity index (χ1) is 11.9. The number of carbonyl (C=O) groups excluding carboxylic acids is 1. The highest BCUT2D eigenvalue weighted by Gasteiger charge is 2.31. The highest BCUT2D eigenvalue weighted by atomic mass is 19.4. The monoisotopic (exact) mass is 355 g/mol. The van der Waals surface area contributed by atoms with Gasteiger partial charge in [-0.3, -0.25) is 9.69 Å². The van der Waals surface area contributed by atoms with Gasteiger partial charge in [0.15, 0.2) is 0 Å². The van der Waals surface area contributed by atoms with Crippen molar-refractivity contribution < 1.29 is 18.0 Å². The van der Waals surface area contributed by atoms with Crippen molar-refractivity contribution in [2.75, 3.05) is 44.2 Å². The molecule has 0 aromatic heterocycles. The third-order valence-electron chi connectivity index (χ3n) is 4.81. The summed E-state index contributed by atoms with van der Waals surface area (Å²) in [5.74, 6) is 0.422. The number of amides is 1. The number of nitrogens with one attached hydrogen (secondary N) is 1. The summed E-state index contributed by atoms with van der Waals surface area (Å²) in [4.78, 5) is 15.8. The van der Waals surface area contributed by atoms with Gasteiger partial charge in [-0.2, -0.15) is 13.2 Å². The Bertz CT molecular complexity index is 593. The maximum atomic E-state index is 12.8. The molecule has 3 rings (SSSR count). The molecule has 1 aliphatic heterocycles. The van der Waals surface area contributed by atoms with E-state index in [-0.39, 0.29) is 11.8 Å². The van der Waals surface area contributed by atoms with Crippen molar-refractivity contribution in [1.82, 2.24) is 10.2 Å². The van der Waals surface area contributed by atoms with Crippen molar-refractivity contribution in [2.45, 2.75) is 25.4 Å². The Labute approximate surface area is 146 Å². The molecule has 138 valence electrons. The van der Waals surface area contributed by atoms with Crippen LogP contribution in [-0.2, 0) is 11.0 Å². The number of nitrogens with zero attached hydrogens (tertiary/aromatic N) is 2. The molecule has 1 aliphatic carbocycles. The Hall–Kier alpha value is -1.76. The van der Waals surface area contributed by atoms with Gasteiger partial charge in [0.05, 0.1) is 5.56 Å². The molecular formula is C18H24F3N3O. The molecule has 1 saturated carbocycles. The Kier molecular flexibility index (Phi) is 5.51. The van der Waals surface area contributed by atoms with Gasteiger partial charge in [0, 0.05) is 44.3 Å². The highest BCUT2D eigenvalue weighted by Crippen LogP contribution is 2.32. The Morgan fingerprint density at radius 1 is 1.16 bits per heavy atom. The van der Waals surface area contributed by atoms with Crippen LogP contribution in [0.25, 0.3) is 0 Å². The van der Waals surface area contributed by atoms with Crippen LogP contribution in [0.5, 0.6) is 0 Å². The first kappa shape index (κ1) is 18.0. The van der Waals surface area contributed by atoms with E-state index >= 15 is 0 Å². The Balaban J connectivity index is 1.40. The molecule has 4 nitrogen and oxygen atoms in total. The summed E-state index contributed by atoms with van der Waals surface area (Å²) in [7, 11) is 0. The third kappa shape index (κ3) is 5.11. The lowest BCUT2D eigenvalue weighted by Crippen LogP contribution is -2.47. The molecule has 2 fully saturated rings. The minimum absolute atomic E-state index is 0.175. The van der Waals surface area contributed by atoms with Gasteiger partial charge in [-0.15, -0.1) is 0 Å². The summed E-state index contributed by atoms with van der Waals surface area (Å²) in [5, 5.41) is 2.96. The average Bonchev–Trinajstić information content (AvgIpc) is 3.44. The molecule has 1 heterocycles. The zero-order valence-corrected chi connectivity index (χ0v) is 14.2. The lowest BCUT2D eigenvalue weighted by molar-refractivity contribution is -0.137. The van der Waals surface area contributed by atoms with Crippen molar-refractivity contribution in [2.24, 2.45) is 5.92 Å². The van der Waals surface area contributed by atoms with Gasteiger partial charge in [-0.25, -0.2) is 0 Å². The summed E-state index contributed by atoms with van der Waals surface area (Å²) in [6.07, 6.45) is -1.36. The zero-order chi connectivity index (χ0) is 17.9. The van der Waals surface area contributed by atoms with Crippen LogP contribution < -0.4 is 10.2 Å². The van der Waals surface area contributed by atoms with E-state index in [4.69, 9.17) is 0 Å². The molecule has 1 N–H and O–H groups in total. The fraction of sp³-hybridized carbons (Fsp3) is 0.611. The standard InChI is InChI=1S/C18H24F3N3O/c19-18(20,21)15-3-1-4-16(13-15)24-11-9-23(10-12-24)8-2-7-22-17(25)14-5-6-14/h1,3-4,13-14H,2,5-12H2,(H,22,25). The SMILES string of the molecule is O=C(NCCCN1CCN(c2cccc(C(F)(F)F)c2)CC1)C1CC1. The van der Waals surface area contributed by atoms with E-state index in [1.54, 1.807) is 6.07 Å². The molecule has 2 aliphatic rings. The number of anilines is 1. The fourth-order valence-corrected chi connectivity index (χ4v) is 3.11. The van der Waals surface area contributed by atoms with E-state index in [9.17, 15) is 18.0 Å². The van der Waals surface area contributed by atoms with Crippen molar-refractivity contribution >= 4 is 11.6 Å². The summed E-state index contributed by atoms with van der Waals surface area (Å²) in [6.45, 7) is 4.69. The van der Waals surface area contributed by atoms with Gasteiger partial charge >= 0.3 is 6.18 Å². The van der Waals surface area contributed by atoms with Gasteiger partial charge in [-0.05, 0) is 44.0 Å². The maximum absolute atomic E-state index is 12.8. The van der Waals surface area contributed by atoms with E-state index in [1.807, 2.05) is 4.90 Å². The minimum Gasteiger partial charge on any atom is -0.369 e. The Morgan fingerprint density at radius 2 is 1.88 bits per heavy atom. The number of hydrogen-bond donors (Lipinski definition) is 1. The lowest BCUT2D eigenvalue weighted by Gasteiger charge is -2.36. The van der Waals surface area contributed by atoms with Crippen LogP contribution in [0.2, 0.25) is 0 Å². The molecule has 25 heavy (non-hydrogen) atoms. The fourth-order valence-electron chi connectivity index (χ4n) is 3.11. The van der Waals surface area contributed by atoms with Crippen LogP contribution in [-0.4, -0.2) is 50.1 Å². The second-order valence-electron chi connectivity index (χ2n) is 6.80. The van der Waals surface area contributed by atoms with Gasteiger partial charge < -0.3 is 10.2 Å². The molecule has 1 amide bonds.